The molecule has 2 rings (SSSR count). The van der Waals surface area contributed by atoms with Gasteiger partial charge in [0.25, 0.3) is 0 Å². The van der Waals surface area contributed by atoms with E-state index in [4.69, 9.17) is 8.37 Å². The summed E-state index contributed by atoms with van der Waals surface area (Å²) in [5.41, 5.74) is 2.28. The van der Waals surface area contributed by atoms with Crippen molar-refractivity contribution in [1.82, 2.24) is 0 Å². The van der Waals surface area contributed by atoms with Gasteiger partial charge in [0.15, 0.2) is 11.6 Å². The molecule has 0 spiro atoms. The van der Waals surface area contributed by atoms with Gasteiger partial charge in [-0.25, -0.2) is 8.37 Å². The van der Waals surface area contributed by atoms with Crippen LogP contribution in [0.15, 0.2) is 48.5 Å². The summed E-state index contributed by atoms with van der Waals surface area (Å²) in [7, 11) is -4.16. The lowest BCUT2D eigenvalue weighted by Crippen LogP contribution is -2.10. The fraction of sp³-hybridized carbons (Fsp3) is 0.222. The number of ketones is 2. The fourth-order valence-corrected chi connectivity index (χ4v) is 2.61. The first kappa shape index (κ1) is 19.0. The Morgan fingerprint density at radius 1 is 0.720 bits per heavy atom. The van der Waals surface area contributed by atoms with Crippen LogP contribution in [-0.4, -0.2) is 20.0 Å². The molecular weight excluding hydrogens is 344 g/mol. The van der Waals surface area contributed by atoms with Gasteiger partial charge in [0.2, 0.25) is 0 Å². The average Bonchev–Trinajstić information content (AvgIpc) is 2.59. The molecule has 2 aromatic rings. The van der Waals surface area contributed by atoms with Crippen molar-refractivity contribution in [2.24, 2.45) is 0 Å². The molecule has 0 saturated heterocycles. The summed E-state index contributed by atoms with van der Waals surface area (Å²) in [5, 5.41) is 0. The molecule has 0 fully saturated rings. The third-order valence-electron chi connectivity index (χ3n) is 3.46. The summed E-state index contributed by atoms with van der Waals surface area (Å²) in [6.45, 7) is 2.52. The molecule has 0 aliphatic carbocycles. The Morgan fingerprint density at radius 3 is 1.32 bits per heavy atom. The van der Waals surface area contributed by atoms with E-state index in [1.165, 1.54) is 13.8 Å². The SMILES string of the molecule is CC(=O)c1ccc(COS(=O)(=O)OCc2ccc(C(C)=O)cc2)cc1. The first-order valence-corrected chi connectivity index (χ1v) is 8.84. The lowest BCUT2D eigenvalue weighted by molar-refractivity contribution is 0.100. The number of carbonyl (C=O) groups is 2. The monoisotopic (exact) mass is 362 g/mol. The molecule has 2 aromatic carbocycles. The van der Waals surface area contributed by atoms with Gasteiger partial charge in [0.1, 0.15) is 0 Å². The second-order valence-corrected chi connectivity index (χ2v) is 6.73. The highest BCUT2D eigenvalue weighted by Crippen LogP contribution is 2.12. The Kier molecular flexibility index (Phi) is 6.19. The van der Waals surface area contributed by atoms with E-state index >= 15 is 0 Å². The number of Topliss-reactive ketones (excluding diaryl/α,β-unsaturated/α-hetero) is 2. The zero-order valence-corrected chi connectivity index (χ0v) is 14.7. The van der Waals surface area contributed by atoms with E-state index in [1.54, 1.807) is 48.5 Å². The highest BCUT2D eigenvalue weighted by molar-refractivity contribution is 7.81. The van der Waals surface area contributed by atoms with Gasteiger partial charge in [-0.05, 0) is 25.0 Å². The first-order chi connectivity index (χ1) is 11.8. The third-order valence-corrected chi connectivity index (χ3v) is 4.27. The quantitative estimate of drug-likeness (QED) is 0.671. The van der Waals surface area contributed by atoms with E-state index in [0.717, 1.165) is 0 Å². The average molecular weight is 362 g/mol. The first-order valence-electron chi connectivity index (χ1n) is 7.50. The summed E-state index contributed by atoms with van der Waals surface area (Å²) < 4.78 is 33.2. The minimum atomic E-state index is -4.16. The molecule has 0 aliphatic heterocycles. The molecule has 0 aliphatic rings. The van der Waals surface area contributed by atoms with Crippen molar-refractivity contribution in [3.05, 3.63) is 70.8 Å². The van der Waals surface area contributed by atoms with Crippen molar-refractivity contribution < 1.29 is 26.4 Å². The van der Waals surface area contributed by atoms with Crippen LogP contribution >= 0.6 is 0 Å². The Balaban J connectivity index is 1.88. The van der Waals surface area contributed by atoms with Crippen LogP contribution in [0.25, 0.3) is 0 Å². The Bertz CT molecular complexity index is 784. The topological polar surface area (TPSA) is 86.7 Å². The molecule has 0 amide bonds. The molecule has 0 N–H and O–H groups in total. The van der Waals surface area contributed by atoms with Gasteiger partial charge in [-0.15, -0.1) is 0 Å². The fourth-order valence-electron chi connectivity index (χ4n) is 1.99. The van der Waals surface area contributed by atoms with Crippen molar-refractivity contribution >= 4 is 22.0 Å². The summed E-state index contributed by atoms with van der Waals surface area (Å²) in [6, 6.07) is 12.9. The van der Waals surface area contributed by atoms with Crippen molar-refractivity contribution in [1.29, 1.82) is 0 Å². The molecule has 0 unspecified atom stereocenters. The van der Waals surface area contributed by atoms with Crippen molar-refractivity contribution in [3.63, 3.8) is 0 Å². The summed E-state index contributed by atoms with van der Waals surface area (Å²) >= 11 is 0. The van der Waals surface area contributed by atoms with Gasteiger partial charge in [0, 0.05) is 11.1 Å². The number of hydrogen-bond acceptors (Lipinski definition) is 6. The zero-order valence-electron chi connectivity index (χ0n) is 13.9. The highest BCUT2D eigenvalue weighted by atomic mass is 32.3. The van der Waals surface area contributed by atoms with Crippen molar-refractivity contribution in [3.8, 4) is 0 Å². The smallest absolute Gasteiger partial charge is 0.295 e. The summed E-state index contributed by atoms with van der Waals surface area (Å²) in [6.07, 6.45) is 0. The van der Waals surface area contributed by atoms with E-state index in [9.17, 15) is 18.0 Å². The van der Waals surface area contributed by atoms with Crippen LogP contribution < -0.4 is 0 Å². The van der Waals surface area contributed by atoms with Gasteiger partial charge in [-0.2, -0.15) is 8.42 Å². The Labute approximate surface area is 146 Å². The minimum Gasteiger partial charge on any atom is -0.295 e. The Hall–Kier alpha value is -2.35. The van der Waals surface area contributed by atoms with Crippen LogP contribution in [0, 0.1) is 0 Å². The molecule has 0 radical (unpaired) electrons. The molecule has 132 valence electrons. The summed E-state index contributed by atoms with van der Waals surface area (Å²) in [4.78, 5) is 22.4. The van der Waals surface area contributed by atoms with Gasteiger partial charge in [0.05, 0.1) is 13.2 Å². The minimum absolute atomic E-state index is 0.0702. The van der Waals surface area contributed by atoms with E-state index in [-0.39, 0.29) is 24.8 Å². The maximum Gasteiger partial charge on any atom is 0.400 e. The van der Waals surface area contributed by atoms with Crippen LogP contribution in [-0.2, 0) is 32.0 Å². The number of carbonyl (C=O) groups excluding carboxylic acids is 2. The zero-order chi connectivity index (χ0) is 18.4. The molecule has 7 heteroatoms. The number of benzene rings is 2. The van der Waals surface area contributed by atoms with Gasteiger partial charge >= 0.3 is 10.4 Å². The molecule has 0 saturated carbocycles. The second-order valence-electron chi connectivity index (χ2n) is 5.44. The number of hydrogen-bond donors (Lipinski definition) is 0. The molecule has 0 atom stereocenters. The molecule has 0 aromatic heterocycles. The van der Waals surface area contributed by atoms with Crippen LogP contribution in [0.4, 0.5) is 0 Å². The van der Waals surface area contributed by atoms with Crippen LogP contribution in [0.5, 0.6) is 0 Å². The van der Waals surface area contributed by atoms with Crippen LogP contribution in [0.3, 0.4) is 0 Å². The third kappa shape index (κ3) is 5.90. The van der Waals surface area contributed by atoms with Gasteiger partial charge in [-0.1, -0.05) is 48.5 Å². The summed E-state index contributed by atoms with van der Waals surface area (Å²) in [5.74, 6) is -0.140. The normalized spacial score (nSPS) is 11.3. The molecule has 25 heavy (non-hydrogen) atoms. The standard InChI is InChI=1S/C18H18O6S/c1-13(19)17-7-3-15(4-8-17)11-23-25(21,22)24-12-16-5-9-18(10-6-16)14(2)20/h3-10H,11-12H2,1-2H3. The maximum absolute atomic E-state index is 11.8. The predicted octanol–water partition coefficient (Wildman–Crippen LogP) is 3.07. The molecule has 0 heterocycles. The van der Waals surface area contributed by atoms with Crippen molar-refractivity contribution in [2.45, 2.75) is 27.1 Å². The van der Waals surface area contributed by atoms with Gasteiger partial charge in [-0.3, -0.25) is 9.59 Å². The second kappa shape index (κ2) is 8.15. The highest BCUT2D eigenvalue weighted by Gasteiger charge is 2.13. The van der Waals surface area contributed by atoms with Gasteiger partial charge < -0.3 is 0 Å². The Morgan fingerprint density at radius 2 is 1.04 bits per heavy atom. The van der Waals surface area contributed by atoms with E-state index in [0.29, 0.717) is 22.3 Å². The number of rotatable bonds is 8. The van der Waals surface area contributed by atoms with Crippen molar-refractivity contribution in [2.75, 3.05) is 0 Å². The lowest BCUT2D eigenvalue weighted by Gasteiger charge is -2.07. The maximum atomic E-state index is 11.8. The predicted molar refractivity (Wildman–Crippen MR) is 91.4 cm³/mol. The van der Waals surface area contributed by atoms with E-state index in [2.05, 4.69) is 0 Å². The van der Waals surface area contributed by atoms with E-state index in [1.807, 2.05) is 0 Å². The lowest BCUT2D eigenvalue weighted by atomic mass is 10.1. The van der Waals surface area contributed by atoms with E-state index < -0.39 is 10.4 Å². The molecule has 6 nitrogen and oxygen atoms in total. The van der Waals surface area contributed by atoms with Crippen LogP contribution in [0.1, 0.15) is 45.7 Å². The molecular formula is C18H18O6S. The largest absolute Gasteiger partial charge is 0.400 e. The van der Waals surface area contributed by atoms with Crippen LogP contribution in [0.2, 0.25) is 0 Å². The molecule has 0 bridgehead atoms.